The Morgan fingerprint density at radius 3 is 2.83 bits per heavy atom. The maximum absolute atomic E-state index is 12.0. The van der Waals surface area contributed by atoms with E-state index in [-0.39, 0.29) is 23.3 Å². The van der Waals surface area contributed by atoms with Crippen molar-refractivity contribution in [3.8, 4) is 5.75 Å². The molecule has 0 fully saturated rings. The van der Waals surface area contributed by atoms with Crippen LogP contribution in [0.15, 0.2) is 39.5 Å². The number of phenolic OH excluding ortho intramolecular Hbond substituents is 1. The van der Waals surface area contributed by atoms with Crippen LogP contribution in [0.4, 0.5) is 0 Å². The third kappa shape index (κ3) is 2.91. The summed E-state index contributed by atoms with van der Waals surface area (Å²) < 4.78 is 0.738. The molecule has 0 radical (unpaired) electrons. The van der Waals surface area contributed by atoms with Gasteiger partial charge in [0.25, 0.3) is 5.91 Å². The second kappa shape index (κ2) is 5.54. The van der Waals surface area contributed by atoms with Crippen molar-refractivity contribution < 1.29 is 9.90 Å². The average molecular weight is 326 g/mol. The predicted octanol–water partition coefficient (Wildman–Crippen LogP) is 3.71. The van der Waals surface area contributed by atoms with Gasteiger partial charge in [-0.3, -0.25) is 4.79 Å². The SMILES string of the molecule is CC(NC(=O)c1ccc(Br)cc1O)c1ccsc1. The van der Waals surface area contributed by atoms with Gasteiger partial charge in [0.2, 0.25) is 0 Å². The van der Waals surface area contributed by atoms with E-state index in [1.165, 1.54) is 6.07 Å². The molecule has 2 rings (SSSR count). The molecule has 1 heterocycles. The first-order chi connectivity index (χ1) is 8.58. The summed E-state index contributed by atoms with van der Waals surface area (Å²) in [5, 5.41) is 16.5. The van der Waals surface area contributed by atoms with Crippen molar-refractivity contribution in [2.45, 2.75) is 13.0 Å². The third-order valence-corrected chi connectivity index (χ3v) is 3.79. The van der Waals surface area contributed by atoms with E-state index in [0.29, 0.717) is 0 Å². The normalized spacial score (nSPS) is 12.1. The quantitative estimate of drug-likeness (QED) is 0.903. The van der Waals surface area contributed by atoms with Crippen molar-refractivity contribution in [3.63, 3.8) is 0 Å². The lowest BCUT2D eigenvalue weighted by Crippen LogP contribution is -2.26. The van der Waals surface area contributed by atoms with E-state index >= 15 is 0 Å². The first-order valence-corrected chi connectivity index (χ1v) is 7.13. The minimum atomic E-state index is -0.279. The molecule has 2 N–H and O–H groups in total. The lowest BCUT2D eigenvalue weighted by Gasteiger charge is -2.13. The highest BCUT2D eigenvalue weighted by molar-refractivity contribution is 9.10. The Bertz CT molecular complexity index is 554. The van der Waals surface area contributed by atoms with Crippen molar-refractivity contribution in [1.29, 1.82) is 0 Å². The van der Waals surface area contributed by atoms with Crippen molar-refractivity contribution in [2.75, 3.05) is 0 Å². The standard InChI is InChI=1S/C13H12BrNO2S/c1-8(9-4-5-18-7-9)15-13(17)11-3-2-10(14)6-12(11)16/h2-8,16H,1H3,(H,15,17). The summed E-state index contributed by atoms with van der Waals surface area (Å²) in [5.41, 5.74) is 1.34. The molecule has 3 nitrogen and oxygen atoms in total. The number of nitrogens with one attached hydrogen (secondary N) is 1. The molecule has 1 amide bonds. The summed E-state index contributed by atoms with van der Waals surface area (Å²) in [4.78, 5) is 12.0. The zero-order valence-corrected chi connectivity index (χ0v) is 12.1. The van der Waals surface area contributed by atoms with Crippen LogP contribution in [0.2, 0.25) is 0 Å². The van der Waals surface area contributed by atoms with Gasteiger partial charge in [-0.15, -0.1) is 0 Å². The summed E-state index contributed by atoms with van der Waals surface area (Å²) in [6, 6.07) is 6.71. The topological polar surface area (TPSA) is 49.3 Å². The molecule has 5 heteroatoms. The fourth-order valence-electron chi connectivity index (χ4n) is 1.58. The van der Waals surface area contributed by atoms with Crippen molar-refractivity contribution in [2.24, 2.45) is 0 Å². The van der Waals surface area contributed by atoms with Gasteiger partial charge in [0.1, 0.15) is 5.75 Å². The van der Waals surface area contributed by atoms with Crippen LogP contribution in [0.25, 0.3) is 0 Å². The van der Waals surface area contributed by atoms with Crippen LogP contribution < -0.4 is 5.32 Å². The maximum atomic E-state index is 12.0. The number of hydrogen-bond acceptors (Lipinski definition) is 3. The molecule has 0 aliphatic rings. The first-order valence-electron chi connectivity index (χ1n) is 5.39. The molecule has 94 valence electrons. The molecule has 0 saturated heterocycles. The number of benzene rings is 1. The van der Waals surface area contributed by atoms with Crippen LogP contribution in [0.3, 0.4) is 0 Å². The molecule has 2 aromatic rings. The predicted molar refractivity (Wildman–Crippen MR) is 76.0 cm³/mol. The number of phenols is 1. The van der Waals surface area contributed by atoms with Crippen LogP contribution in [-0.2, 0) is 0 Å². The summed E-state index contributed by atoms with van der Waals surface area (Å²) in [6.07, 6.45) is 0. The van der Waals surface area contributed by atoms with Crippen LogP contribution in [0, 0.1) is 0 Å². The molecular weight excluding hydrogens is 314 g/mol. The smallest absolute Gasteiger partial charge is 0.255 e. The lowest BCUT2D eigenvalue weighted by molar-refractivity contribution is 0.0937. The first kappa shape index (κ1) is 13.1. The van der Waals surface area contributed by atoms with E-state index in [1.54, 1.807) is 23.5 Å². The van der Waals surface area contributed by atoms with Gasteiger partial charge in [0, 0.05) is 4.47 Å². The Labute approximate surface area is 118 Å². The monoisotopic (exact) mass is 325 g/mol. The van der Waals surface area contributed by atoms with Gasteiger partial charge < -0.3 is 10.4 Å². The van der Waals surface area contributed by atoms with Crippen LogP contribution in [0.1, 0.15) is 28.9 Å². The van der Waals surface area contributed by atoms with Gasteiger partial charge in [-0.25, -0.2) is 0 Å². The van der Waals surface area contributed by atoms with E-state index in [2.05, 4.69) is 21.2 Å². The number of amides is 1. The number of thiophene rings is 1. The number of hydrogen-bond donors (Lipinski definition) is 2. The largest absolute Gasteiger partial charge is 0.507 e. The molecular formula is C13H12BrNO2S. The maximum Gasteiger partial charge on any atom is 0.255 e. The Morgan fingerprint density at radius 1 is 1.44 bits per heavy atom. The fourth-order valence-corrected chi connectivity index (χ4v) is 2.68. The van der Waals surface area contributed by atoms with Gasteiger partial charge in [0.15, 0.2) is 0 Å². The second-order valence-electron chi connectivity index (χ2n) is 3.91. The van der Waals surface area contributed by atoms with Crippen LogP contribution >= 0.6 is 27.3 Å². The highest BCUT2D eigenvalue weighted by Crippen LogP contribution is 2.23. The summed E-state index contributed by atoms with van der Waals surface area (Å²) in [5.74, 6) is -0.307. The van der Waals surface area contributed by atoms with Gasteiger partial charge in [0.05, 0.1) is 11.6 Å². The molecule has 1 unspecified atom stereocenters. The van der Waals surface area contributed by atoms with Gasteiger partial charge in [-0.2, -0.15) is 11.3 Å². The lowest BCUT2D eigenvalue weighted by atomic mass is 10.1. The number of halogens is 1. The summed E-state index contributed by atoms with van der Waals surface area (Å²) >= 11 is 4.83. The number of carbonyl (C=O) groups is 1. The third-order valence-electron chi connectivity index (χ3n) is 2.60. The molecule has 0 spiro atoms. The molecule has 1 aromatic heterocycles. The highest BCUT2D eigenvalue weighted by Gasteiger charge is 2.14. The molecule has 1 atom stereocenters. The summed E-state index contributed by atoms with van der Waals surface area (Å²) in [7, 11) is 0. The number of aromatic hydroxyl groups is 1. The Balaban J connectivity index is 2.12. The van der Waals surface area contributed by atoms with Crippen molar-refractivity contribution in [3.05, 3.63) is 50.6 Å². The van der Waals surface area contributed by atoms with E-state index in [4.69, 9.17) is 0 Å². The van der Waals surface area contributed by atoms with E-state index in [9.17, 15) is 9.90 Å². The second-order valence-corrected chi connectivity index (χ2v) is 5.61. The molecule has 0 bridgehead atoms. The minimum absolute atomic E-state index is 0.0283. The van der Waals surface area contributed by atoms with Gasteiger partial charge in [-0.1, -0.05) is 15.9 Å². The molecule has 0 saturated carbocycles. The fraction of sp³-hybridized carbons (Fsp3) is 0.154. The molecule has 0 aliphatic heterocycles. The van der Waals surface area contributed by atoms with Gasteiger partial charge in [-0.05, 0) is 47.5 Å². The molecule has 18 heavy (non-hydrogen) atoms. The zero-order valence-electron chi connectivity index (χ0n) is 9.68. The Morgan fingerprint density at radius 2 is 2.22 bits per heavy atom. The molecule has 1 aromatic carbocycles. The summed E-state index contributed by atoms with van der Waals surface area (Å²) in [6.45, 7) is 1.91. The number of rotatable bonds is 3. The van der Waals surface area contributed by atoms with E-state index < -0.39 is 0 Å². The van der Waals surface area contributed by atoms with Crippen LogP contribution in [0.5, 0.6) is 5.75 Å². The Kier molecular flexibility index (Phi) is 4.04. The Hall–Kier alpha value is -1.33. The van der Waals surface area contributed by atoms with Crippen molar-refractivity contribution in [1.82, 2.24) is 5.32 Å². The van der Waals surface area contributed by atoms with Crippen LogP contribution in [-0.4, -0.2) is 11.0 Å². The zero-order chi connectivity index (χ0) is 13.1. The van der Waals surface area contributed by atoms with E-state index in [1.807, 2.05) is 23.8 Å². The van der Waals surface area contributed by atoms with Crippen molar-refractivity contribution >= 4 is 33.2 Å². The molecule has 0 aliphatic carbocycles. The highest BCUT2D eigenvalue weighted by atomic mass is 79.9. The minimum Gasteiger partial charge on any atom is -0.507 e. The van der Waals surface area contributed by atoms with E-state index in [0.717, 1.165) is 10.0 Å². The van der Waals surface area contributed by atoms with Gasteiger partial charge >= 0.3 is 0 Å². The average Bonchev–Trinajstić information content (AvgIpc) is 2.81. The number of carbonyl (C=O) groups excluding carboxylic acids is 1.